The molecule has 7 aromatic rings. The molecule has 0 unspecified atom stereocenters. The molecule has 203 valence electrons. The number of nitrogens with zero attached hydrogens (tertiary/aromatic N) is 3. The topological polar surface area (TPSA) is 20.6 Å². The molecule has 0 amide bonds. The Labute approximate surface area is 256 Å². The molecule has 4 heteroatoms. The van der Waals surface area contributed by atoms with Crippen molar-refractivity contribution in [2.75, 3.05) is 9.80 Å². The number of rotatable bonds is 3. The van der Waals surface area contributed by atoms with E-state index in [1.807, 2.05) is 24.3 Å². The van der Waals surface area contributed by atoms with Gasteiger partial charge in [-0.2, -0.15) is 0 Å². The first-order valence-corrected chi connectivity index (χ1v) is 13.5. The van der Waals surface area contributed by atoms with E-state index < -0.39 is 0 Å². The van der Waals surface area contributed by atoms with Gasteiger partial charge < -0.3 is 14.8 Å². The van der Waals surface area contributed by atoms with Crippen LogP contribution in [0.4, 0.5) is 22.7 Å². The normalized spacial score (nSPS) is 12.0. The fourth-order valence-electron chi connectivity index (χ4n) is 5.39. The molecule has 0 aliphatic carbocycles. The predicted molar refractivity (Wildman–Crippen MR) is 168 cm³/mol. The van der Waals surface area contributed by atoms with E-state index >= 15 is 0 Å². The molecule has 1 aliphatic rings. The molecule has 1 radical (unpaired) electrons. The first-order valence-electron chi connectivity index (χ1n) is 13.5. The van der Waals surface area contributed by atoms with Gasteiger partial charge >= 0.3 is 0 Å². The average Bonchev–Trinajstić information content (AvgIpc) is 3.62. The maximum atomic E-state index is 4.70. The van der Waals surface area contributed by atoms with Crippen LogP contribution in [0, 0.1) is 6.67 Å². The molecule has 0 saturated heterocycles. The minimum Gasteiger partial charge on any atom is -0.657 e. The number of fused-ring (bicyclic) bond motifs is 4. The van der Waals surface area contributed by atoms with Crippen molar-refractivity contribution in [3.63, 3.8) is 0 Å². The van der Waals surface area contributed by atoms with E-state index in [0.717, 1.165) is 11.0 Å². The average molecular weight is 711 g/mol. The molecule has 1 aromatic heterocycles. The van der Waals surface area contributed by atoms with E-state index in [4.69, 9.17) is 4.98 Å². The summed E-state index contributed by atoms with van der Waals surface area (Å²) >= 11 is 0. The summed E-state index contributed by atoms with van der Waals surface area (Å²) in [5.41, 5.74) is 9.38. The van der Waals surface area contributed by atoms with Gasteiger partial charge in [-0.1, -0.05) is 121 Å². The molecule has 0 bridgehead atoms. The van der Waals surface area contributed by atoms with Gasteiger partial charge in [-0.3, -0.25) is 0 Å². The third-order valence-corrected chi connectivity index (χ3v) is 7.24. The second-order valence-electron chi connectivity index (χ2n) is 9.71. The first kappa shape index (κ1) is 26.7. The van der Waals surface area contributed by atoms with Gasteiger partial charge in [-0.05, 0) is 58.3 Å². The van der Waals surface area contributed by atoms with Gasteiger partial charge in [0, 0.05) is 45.1 Å². The van der Waals surface area contributed by atoms with Crippen LogP contribution in [0.2, 0.25) is 0 Å². The van der Waals surface area contributed by atoms with Crippen molar-refractivity contribution in [1.29, 1.82) is 0 Å². The van der Waals surface area contributed by atoms with Gasteiger partial charge in [-0.15, -0.1) is 17.7 Å². The largest absolute Gasteiger partial charge is 0.657 e. The van der Waals surface area contributed by atoms with E-state index in [-0.39, 0.29) is 22.4 Å². The Morgan fingerprint density at radius 1 is 0.439 bits per heavy atom. The second-order valence-corrected chi connectivity index (χ2v) is 9.71. The number of hydrogen-bond donors (Lipinski definition) is 0. The number of anilines is 4. The van der Waals surface area contributed by atoms with Crippen LogP contribution in [0.15, 0.2) is 158 Å². The number of aromatic nitrogens is 1. The maximum absolute atomic E-state index is 4.70. The van der Waals surface area contributed by atoms with E-state index in [1.165, 1.54) is 44.6 Å². The SMILES string of the molecule is [Au].c1ccc(-c2cccc3[n-]c4ccccc4c23)cc1.c1ccc(N2[CH-]N(c3ccccc3)c3ccccc32)cc1. The molecular weight excluding hydrogens is 683 g/mol. The summed E-state index contributed by atoms with van der Waals surface area (Å²) in [4.78, 5) is 9.15. The van der Waals surface area contributed by atoms with Crippen molar-refractivity contribution in [1.82, 2.24) is 4.98 Å². The molecule has 6 aromatic carbocycles. The Morgan fingerprint density at radius 2 is 0.927 bits per heavy atom. The van der Waals surface area contributed by atoms with E-state index in [9.17, 15) is 0 Å². The summed E-state index contributed by atoms with van der Waals surface area (Å²) in [6.45, 7) is 2.15. The molecule has 0 saturated carbocycles. The van der Waals surface area contributed by atoms with Gasteiger partial charge in [0.15, 0.2) is 0 Å². The van der Waals surface area contributed by atoms with Crippen LogP contribution in [-0.4, -0.2) is 0 Å². The Balaban J connectivity index is 0.000000145. The van der Waals surface area contributed by atoms with Gasteiger partial charge in [0.1, 0.15) is 0 Å². The Kier molecular flexibility index (Phi) is 7.75. The molecule has 1 aliphatic heterocycles. The zero-order valence-corrected chi connectivity index (χ0v) is 24.4. The van der Waals surface area contributed by atoms with E-state index in [0.29, 0.717) is 0 Å². The zero-order valence-electron chi connectivity index (χ0n) is 22.2. The Hall–Kier alpha value is -4.54. The van der Waals surface area contributed by atoms with Crippen molar-refractivity contribution >= 4 is 44.6 Å². The molecule has 0 atom stereocenters. The fourth-order valence-corrected chi connectivity index (χ4v) is 5.39. The van der Waals surface area contributed by atoms with Crippen molar-refractivity contribution in [2.24, 2.45) is 0 Å². The van der Waals surface area contributed by atoms with Gasteiger partial charge in [-0.25, -0.2) is 0 Å². The molecule has 2 heterocycles. The molecule has 0 fully saturated rings. The summed E-state index contributed by atoms with van der Waals surface area (Å²) in [7, 11) is 0. The Bertz CT molecular complexity index is 1820. The number of para-hydroxylation sites is 5. The van der Waals surface area contributed by atoms with Gasteiger partial charge in [0.05, 0.1) is 0 Å². The summed E-state index contributed by atoms with van der Waals surface area (Å²) in [5, 5.41) is 2.49. The molecule has 3 nitrogen and oxygen atoms in total. The minimum absolute atomic E-state index is 0. The summed E-state index contributed by atoms with van der Waals surface area (Å²) < 4.78 is 0. The zero-order chi connectivity index (χ0) is 26.7. The third kappa shape index (κ3) is 5.19. The molecule has 8 rings (SSSR count). The van der Waals surface area contributed by atoms with Crippen LogP contribution in [0.5, 0.6) is 0 Å². The van der Waals surface area contributed by atoms with Gasteiger partial charge in [0.25, 0.3) is 0 Å². The van der Waals surface area contributed by atoms with Crippen LogP contribution >= 0.6 is 0 Å². The van der Waals surface area contributed by atoms with Crippen LogP contribution in [0.25, 0.3) is 32.9 Å². The predicted octanol–water partition coefficient (Wildman–Crippen LogP) is 9.71. The van der Waals surface area contributed by atoms with Crippen molar-refractivity contribution in [3.05, 3.63) is 164 Å². The quantitative estimate of drug-likeness (QED) is 0.135. The first-order chi connectivity index (χ1) is 19.9. The molecule has 0 spiro atoms. The number of benzene rings is 6. The minimum atomic E-state index is 0. The Morgan fingerprint density at radius 3 is 1.54 bits per heavy atom. The summed E-state index contributed by atoms with van der Waals surface area (Å²) in [5.74, 6) is 0. The van der Waals surface area contributed by atoms with Gasteiger partial charge in [0.2, 0.25) is 0 Å². The second kappa shape index (κ2) is 11.9. The smallest absolute Gasteiger partial charge is 0.0345 e. The van der Waals surface area contributed by atoms with E-state index in [2.05, 4.69) is 150 Å². The molecule has 0 N–H and O–H groups in total. The van der Waals surface area contributed by atoms with Crippen molar-refractivity contribution in [3.8, 4) is 11.1 Å². The van der Waals surface area contributed by atoms with Crippen molar-refractivity contribution < 1.29 is 22.4 Å². The van der Waals surface area contributed by atoms with Crippen LogP contribution < -0.4 is 14.8 Å². The van der Waals surface area contributed by atoms with E-state index in [1.54, 1.807) is 0 Å². The maximum Gasteiger partial charge on any atom is 0.0345 e. The monoisotopic (exact) mass is 710 g/mol. The van der Waals surface area contributed by atoms with Crippen molar-refractivity contribution in [2.45, 2.75) is 0 Å². The summed E-state index contributed by atoms with van der Waals surface area (Å²) in [6.07, 6.45) is 0. The third-order valence-electron chi connectivity index (χ3n) is 7.24. The van der Waals surface area contributed by atoms with Crippen LogP contribution in [0.3, 0.4) is 0 Å². The molecule has 41 heavy (non-hydrogen) atoms. The summed E-state index contributed by atoms with van der Waals surface area (Å²) in [6, 6.07) is 54.5. The molecular formula is C37H27AuN3-2. The van der Waals surface area contributed by atoms with Crippen LogP contribution in [0.1, 0.15) is 0 Å². The number of hydrogen-bond acceptors (Lipinski definition) is 2. The van der Waals surface area contributed by atoms with Crippen LogP contribution in [-0.2, 0) is 22.4 Å². The standard InChI is InChI=1S/C19H15N2.C18H12N.Au/c1-3-9-16(10-4-1)20-15-21(17-11-5-2-6-12-17)19-14-8-7-13-18(19)20;1-2-7-13(8-3-1)14-10-6-12-17-18(14)15-9-4-5-11-16(15)19-17;/h1-15H;1-12H;/q2*-1;. The fraction of sp³-hybridized carbons (Fsp3) is 0.